The summed E-state index contributed by atoms with van der Waals surface area (Å²) in [6, 6.07) is 0. The summed E-state index contributed by atoms with van der Waals surface area (Å²) in [4.78, 5) is 40.6. The van der Waals surface area contributed by atoms with Gasteiger partial charge < -0.3 is 9.80 Å². The molecule has 1 aromatic rings. The van der Waals surface area contributed by atoms with Gasteiger partial charge in [-0.3, -0.25) is 19.1 Å². The molecule has 19 heavy (non-hydrogen) atoms. The van der Waals surface area contributed by atoms with E-state index in [0.717, 1.165) is 17.7 Å². The molecule has 1 N–H and O–H groups in total. The molecule has 1 aliphatic heterocycles. The molecule has 104 valence electrons. The van der Waals surface area contributed by atoms with E-state index in [4.69, 9.17) is 11.6 Å². The Morgan fingerprint density at radius 1 is 1.32 bits per heavy atom. The first-order chi connectivity index (χ1) is 8.97. The van der Waals surface area contributed by atoms with Crippen LogP contribution < -0.4 is 11.2 Å². The van der Waals surface area contributed by atoms with E-state index in [9.17, 15) is 14.4 Å². The van der Waals surface area contributed by atoms with Gasteiger partial charge in [0.1, 0.15) is 11.6 Å². The molecule has 0 unspecified atom stereocenters. The van der Waals surface area contributed by atoms with Crippen LogP contribution in [-0.4, -0.2) is 58.5 Å². The summed E-state index contributed by atoms with van der Waals surface area (Å²) in [7, 11) is 1.99. The second-order valence-corrected chi connectivity index (χ2v) is 4.96. The zero-order valence-corrected chi connectivity index (χ0v) is 11.3. The number of aromatic nitrogens is 2. The summed E-state index contributed by atoms with van der Waals surface area (Å²) in [6.07, 6.45) is 1.19. The van der Waals surface area contributed by atoms with E-state index in [2.05, 4.69) is 9.88 Å². The Morgan fingerprint density at radius 2 is 1.95 bits per heavy atom. The quantitative estimate of drug-likeness (QED) is 0.754. The molecule has 7 nitrogen and oxygen atoms in total. The molecule has 1 amide bonds. The number of hydrogen-bond acceptors (Lipinski definition) is 4. The standard InChI is InChI=1S/C11H15ClN4O3/c1-14-2-4-15(5-3-14)9(17)7-16-6-8(12)10(18)13-11(16)19/h6H,2-5,7H2,1H3,(H,13,18,19). The number of H-pyrrole nitrogens is 1. The average molecular weight is 287 g/mol. The van der Waals surface area contributed by atoms with Crippen molar-refractivity contribution in [2.75, 3.05) is 33.2 Å². The van der Waals surface area contributed by atoms with E-state index in [1.165, 1.54) is 6.20 Å². The van der Waals surface area contributed by atoms with Gasteiger partial charge in [-0.15, -0.1) is 0 Å². The summed E-state index contributed by atoms with van der Waals surface area (Å²) in [5, 5.41) is -0.106. The lowest BCUT2D eigenvalue weighted by Crippen LogP contribution is -2.48. The molecule has 2 rings (SSSR count). The van der Waals surface area contributed by atoms with Crippen molar-refractivity contribution in [3.63, 3.8) is 0 Å². The number of hydrogen-bond donors (Lipinski definition) is 1. The van der Waals surface area contributed by atoms with Gasteiger partial charge in [-0.2, -0.15) is 0 Å². The van der Waals surface area contributed by atoms with Gasteiger partial charge in [0.15, 0.2) is 0 Å². The highest BCUT2D eigenvalue weighted by Crippen LogP contribution is 2.02. The van der Waals surface area contributed by atoms with Crippen molar-refractivity contribution in [2.45, 2.75) is 6.54 Å². The predicted octanol–water partition coefficient (Wildman–Crippen LogP) is -1.04. The fraction of sp³-hybridized carbons (Fsp3) is 0.545. The summed E-state index contributed by atoms with van der Waals surface area (Å²) in [5.41, 5.74) is -1.27. The van der Waals surface area contributed by atoms with Crippen molar-refractivity contribution < 1.29 is 4.79 Å². The van der Waals surface area contributed by atoms with E-state index in [-0.39, 0.29) is 17.5 Å². The number of nitrogens with zero attached hydrogens (tertiary/aromatic N) is 3. The minimum Gasteiger partial charge on any atom is -0.339 e. The molecule has 1 aromatic heterocycles. The maximum absolute atomic E-state index is 12.0. The molecule has 1 fully saturated rings. The van der Waals surface area contributed by atoms with E-state index in [1.54, 1.807) is 4.90 Å². The highest BCUT2D eigenvalue weighted by Gasteiger charge is 2.19. The number of carbonyl (C=O) groups excluding carboxylic acids is 1. The van der Waals surface area contributed by atoms with Crippen LogP contribution in [0.15, 0.2) is 15.8 Å². The fourth-order valence-corrected chi connectivity index (χ4v) is 2.07. The smallest absolute Gasteiger partial charge is 0.328 e. The number of amides is 1. The van der Waals surface area contributed by atoms with Crippen molar-refractivity contribution in [2.24, 2.45) is 0 Å². The number of nitrogens with one attached hydrogen (secondary N) is 1. The molecule has 0 spiro atoms. The summed E-state index contributed by atoms with van der Waals surface area (Å²) in [6.45, 7) is 2.79. The van der Waals surface area contributed by atoms with Crippen molar-refractivity contribution in [1.29, 1.82) is 0 Å². The summed E-state index contributed by atoms with van der Waals surface area (Å²) >= 11 is 5.64. The zero-order valence-electron chi connectivity index (χ0n) is 10.6. The van der Waals surface area contributed by atoms with Crippen molar-refractivity contribution in [1.82, 2.24) is 19.4 Å². The Morgan fingerprint density at radius 3 is 2.58 bits per heavy atom. The van der Waals surface area contributed by atoms with Crippen LogP contribution in [0.1, 0.15) is 0 Å². The average Bonchev–Trinajstić information content (AvgIpc) is 2.36. The largest absolute Gasteiger partial charge is 0.339 e. The Bertz CT molecular complexity index is 586. The normalized spacial score (nSPS) is 16.6. The van der Waals surface area contributed by atoms with Gasteiger partial charge in [-0.1, -0.05) is 11.6 Å². The third-order valence-corrected chi connectivity index (χ3v) is 3.40. The van der Waals surface area contributed by atoms with Crippen molar-refractivity contribution >= 4 is 17.5 Å². The number of aromatic amines is 1. The lowest BCUT2D eigenvalue weighted by Gasteiger charge is -2.32. The molecular formula is C11H15ClN4O3. The Kier molecular flexibility index (Phi) is 4.06. The second-order valence-electron chi connectivity index (χ2n) is 4.55. The maximum Gasteiger partial charge on any atom is 0.328 e. The van der Waals surface area contributed by atoms with Crippen LogP contribution in [0.5, 0.6) is 0 Å². The van der Waals surface area contributed by atoms with Crippen LogP contribution in [0, 0.1) is 0 Å². The Hall–Kier alpha value is -1.60. The van der Waals surface area contributed by atoms with Crippen LogP contribution >= 0.6 is 11.6 Å². The van der Waals surface area contributed by atoms with E-state index < -0.39 is 11.2 Å². The molecular weight excluding hydrogens is 272 g/mol. The van der Waals surface area contributed by atoms with Crippen molar-refractivity contribution in [3.05, 3.63) is 32.1 Å². The van der Waals surface area contributed by atoms with Crippen LogP contribution in [0.25, 0.3) is 0 Å². The third kappa shape index (κ3) is 3.24. The molecule has 2 heterocycles. The predicted molar refractivity (Wildman–Crippen MR) is 70.4 cm³/mol. The molecule has 1 saturated heterocycles. The van der Waals surface area contributed by atoms with E-state index >= 15 is 0 Å². The molecule has 1 aliphatic rings. The monoisotopic (exact) mass is 286 g/mol. The first-order valence-corrected chi connectivity index (χ1v) is 6.31. The minimum atomic E-state index is -0.644. The summed E-state index contributed by atoms with van der Waals surface area (Å²) in [5.74, 6) is -0.154. The molecule has 0 radical (unpaired) electrons. The van der Waals surface area contributed by atoms with Gasteiger partial charge in [0, 0.05) is 32.4 Å². The van der Waals surface area contributed by atoms with Gasteiger partial charge >= 0.3 is 5.69 Å². The first kappa shape index (κ1) is 13.8. The SMILES string of the molecule is CN1CCN(C(=O)Cn2cc(Cl)c(=O)[nH]c2=O)CC1. The van der Waals surface area contributed by atoms with Crippen LogP contribution in [0.2, 0.25) is 5.02 Å². The molecule has 0 aliphatic carbocycles. The molecule has 0 atom stereocenters. The van der Waals surface area contributed by atoms with Gasteiger partial charge in [0.2, 0.25) is 5.91 Å². The fourth-order valence-electron chi connectivity index (χ4n) is 1.90. The summed E-state index contributed by atoms with van der Waals surface area (Å²) < 4.78 is 1.12. The Balaban J connectivity index is 2.09. The maximum atomic E-state index is 12.0. The number of piperazine rings is 1. The van der Waals surface area contributed by atoms with Crippen LogP contribution in [0.4, 0.5) is 0 Å². The highest BCUT2D eigenvalue weighted by molar-refractivity contribution is 6.30. The molecule has 0 aromatic carbocycles. The van der Waals surface area contributed by atoms with Gasteiger partial charge in [0.05, 0.1) is 0 Å². The lowest BCUT2D eigenvalue weighted by molar-refractivity contribution is -0.133. The number of likely N-dealkylation sites (N-methyl/N-ethyl adjacent to an activating group) is 1. The molecule has 0 bridgehead atoms. The number of rotatable bonds is 2. The zero-order chi connectivity index (χ0) is 14.0. The third-order valence-electron chi connectivity index (χ3n) is 3.13. The van der Waals surface area contributed by atoms with Crippen LogP contribution in [0.3, 0.4) is 0 Å². The van der Waals surface area contributed by atoms with Gasteiger partial charge in [-0.05, 0) is 7.05 Å². The van der Waals surface area contributed by atoms with E-state index in [0.29, 0.717) is 13.1 Å². The number of halogens is 1. The van der Waals surface area contributed by atoms with E-state index in [1.807, 2.05) is 7.05 Å². The first-order valence-electron chi connectivity index (χ1n) is 5.93. The van der Waals surface area contributed by atoms with Gasteiger partial charge in [0.25, 0.3) is 5.56 Å². The topological polar surface area (TPSA) is 78.4 Å². The lowest BCUT2D eigenvalue weighted by atomic mass is 10.3. The second kappa shape index (κ2) is 5.58. The minimum absolute atomic E-state index is 0.106. The Labute approximate surface area is 114 Å². The van der Waals surface area contributed by atoms with Crippen molar-refractivity contribution in [3.8, 4) is 0 Å². The molecule has 0 saturated carbocycles. The van der Waals surface area contributed by atoms with Crippen LogP contribution in [-0.2, 0) is 11.3 Å². The number of carbonyl (C=O) groups is 1. The molecule has 8 heteroatoms. The highest BCUT2D eigenvalue weighted by atomic mass is 35.5. The van der Waals surface area contributed by atoms with Gasteiger partial charge in [-0.25, -0.2) is 4.79 Å².